The first-order chi connectivity index (χ1) is 8.22. The van der Waals surface area contributed by atoms with E-state index in [4.69, 9.17) is 5.73 Å². The summed E-state index contributed by atoms with van der Waals surface area (Å²) in [6.07, 6.45) is 4.81. The molecule has 1 aromatic rings. The van der Waals surface area contributed by atoms with Crippen LogP contribution in [0.4, 0.5) is 5.13 Å². The summed E-state index contributed by atoms with van der Waals surface area (Å²) >= 11 is 1.62. The van der Waals surface area contributed by atoms with Crippen molar-refractivity contribution in [1.82, 2.24) is 4.98 Å². The molecular formula is C12H19N3OS. The average Bonchev–Trinajstić information content (AvgIpc) is 2.86. The fourth-order valence-electron chi connectivity index (χ4n) is 2.07. The van der Waals surface area contributed by atoms with Gasteiger partial charge < -0.3 is 11.1 Å². The van der Waals surface area contributed by atoms with Crippen LogP contribution in [0.2, 0.25) is 0 Å². The molecule has 0 fully saturated rings. The van der Waals surface area contributed by atoms with Crippen molar-refractivity contribution < 1.29 is 4.79 Å². The lowest BCUT2D eigenvalue weighted by Crippen LogP contribution is -2.21. The van der Waals surface area contributed by atoms with Crippen LogP contribution in [0.15, 0.2) is 0 Å². The number of hydrogen-bond acceptors (Lipinski definition) is 4. The van der Waals surface area contributed by atoms with Crippen LogP contribution in [0.3, 0.4) is 0 Å². The van der Waals surface area contributed by atoms with Gasteiger partial charge in [-0.15, -0.1) is 11.3 Å². The molecule has 0 spiro atoms. The van der Waals surface area contributed by atoms with Gasteiger partial charge in [0.15, 0.2) is 5.13 Å². The maximum absolute atomic E-state index is 11.8. The number of carbonyl (C=O) groups is 1. The summed E-state index contributed by atoms with van der Waals surface area (Å²) in [5.41, 5.74) is 6.77. The van der Waals surface area contributed by atoms with Crippen molar-refractivity contribution in [3.8, 4) is 0 Å². The van der Waals surface area contributed by atoms with Crippen LogP contribution in [-0.2, 0) is 17.6 Å². The predicted molar refractivity (Wildman–Crippen MR) is 70.2 cm³/mol. The van der Waals surface area contributed by atoms with E-state index in [2.05, 4.69) is 17.2 Å². The highest BCUT2D eigenvalue weighted by Gasteiger charge is 2.18. The van der Waals surface area contributed by atoms with Crippen LogP contribution in [0.1, 0.15) is 36.8 Å². The minimum Gasteiger partial charge on any atom is -0.330 e. The molecule has 2 rings (SSSR count). The zero-order valence-corrected chi connectivity index (χ0v) is 11.0. The minimum absolute atomic E-state index is 0.0368. The van der Waals surface area contributed by atoms with E-state index in [1.807, 2.05) is 0 Å². The molecular weight excluding hydrogens is 234 g/mol. The summed E-state index contributed by atoms with van der Waals surface area (Å²) in [5.74, 6) is 0.316. The summed E-state index contributed by atoms with van der Waals surface area (Å²) < 4.78 is 0. The Morgan fingerprint density at radius 3 is 3.06 bits per heavy atom. The molecule has 0 aliphatic heterocycles. The van der Waals surface area contributed by atoms with Crippen molar-refractivity contribution in [2.24, 2.45) is 11.7 Å². The summed E-state index contributed by atoms with van der Waals surface area (Å²) in [6, 6.07) is 0. The van der Waals surface area contributed by atoms with Gasteiger partial charge in [0.1, 0.15) is 0 Å². The van der Waals surface area contributed by atoms with E-state index in [9.17, 15) is 4.79 Å². The van der Waals surface area contributed by atoms with Crippen LogP contribution < -0.4 is 11.1 Å². The third-order valence-electron chi connectivity index (χ3n) is 3.23. The number of aryl methyl sites for hydroxylation is 2. The summed E-state index contributed by atoms with van der Waals surface area (Å²) in [4.78, 5) is 17.6. The van der Waals surface area contributed by atoms with Crippen LogP contribution >= 0.6 is 11.3 Å². The molecule has 1 amide bonds. The fourth-order valence-corrected chi connectivity index (χ4v) is 3.14. The highest BCUT2D eigenvalue weighted by Crippen LogP contribution is 2.30. The Hall–Kier alpha value is -0.940. The lowest BCUT2D eigenvalue weighted by molar-refractivity contribution is -0.117. The third-order valence-corrected chi connectivity index (χ3v) is 4.30. The van der Waals surface area contributed by atoms with E-state index in [1.54, 1.807) is 11.3 Å². The van der Waals surface area contributed by atoms with Crippen molar-refractivity contribution in [1.29, 1.82) is 0 Å². The molecule has 0 saturated carbocycles. The molecule has 0 aromatic carbocycles. The number of fused-ring (bicyclic) bond motifs is 1. The molecule has 0 radical (unpaired) electrons. The molecule has 94 valence electrons. The summed E-state index contributed by atoms with van der Waals surface area (Å²) in [7, 11) is 0. The highest BCUT2D eigenvalue weighted by molar-refractivity contribution is 7.15. The Labute approximate surface area is 106 Å². The molecule has 1 aromatic heterocycles. The molecule has 4 nitrogen and oxygen atoms in total. The van der Waals surface area contributed by atoms with Crippen molar-refractivity contribution >= 4 is 22.4 Å². The van der Waals surface area contributed by atoms with E-state index < -0.39 is 0 Å². The number of amides is 1. The first kappa shape index (κ1) is 12.5. The van der Waals surface area contributed by atoms with Gasteiger partial charge in [-0.05, 0) is 31.7 Å². The Bertz CT molecular complexity index is 377. The van der Waals surface area contributed by atoms with Crippen LogP contribution in [-0.4, -0.2) is 17.4 Å². The first-order valence-electron chi connectivity index (χ1n) is 6.21. The predicted octanol–water partition coefficient (Wildman–Crippen LogP) is 1.95. The second-order valence-corrected chi connectivity index (χ2v) is 5.59. The normalized spacial score (nSPS) is 15.6. The summed E-state index contributed by atoms with van der Waals surface area (Å²) in [5, 5.41) is 3.64. The van der Waals surface area contributed by atoms with E-state index in [-0.39, 0.29) is 11.8 Å². The van der Waals surface area contributed by atoms with Crippen molar-refractivity contribution in [3.63, 3.8) is 0 Å². The molecule has 1 aliphatic carbocycles. The topological polar surface area (TPSA) is 68.0 Å². The average molecular weight is 253 g/mol. The second kappa shape index (κ2) is 5.60. The van der Waals surface area contributed by atoms with E-state index >= 15 is 0 Å². The van der Waals surface area contributed by atoms with Gasteiger partial charge in [0.25, 0.3) is 0 Å². The number of carbonyl (C=O) groups excluding carboxylic acids is 1. The first-order valence-corrected chi connectivity index (χ1v) is 7.03. The number of nitrogens with one attached hydrogen (secondary N) is 1. The molecule has 0 bridgehead atoms. The molecule has 1 atom stereocenters. The molecule has 1 unspecified atom stereocenters. The standard InChI is InChI=1S/C12H19N3OS/c1-2-8(7-13)6-11(16)15-12-14-9-4-3-5-10(9)17-12/h8H,2-7,13H2,1H3,(H,14,15,16). The van der Waals surface area contributed by atoms with Gasteiger partial charge in [-0.25, -0.2) is 4.98 Å². The molecule has 0 saturated heterocycles. The van der Waals surface area contributed by atoms with E-state index in [0.717, 1.165) is 24.4 Å². The Kier molecular flexibility index (Phi) is 4.12. The zero-order valence-electron chi connectivity index (χ0n) is 10.2. The number of hydrogen-bond donors (Lipinski definition) is 2. The van der Waals surface area contributed by atoms with Gasteiger partial charge in [0.2, 0.25) is 5.91 Å². The SMILES string of the molecule is CCC(CN)CC(=O)Nc1nc2c(s1)CCC2. The number of nitrogens with two attached hydrogens (primary N) is 1. The number of rotatable bonds is 5. The van der Waals surface area contributed by atoms with Crippen LogP contribution in [0.5, 0.6) is 0 Å². The molecule has 1 aliphatic rings. The quantitative estimate of drug-likeness (QED) is 0.842. The molecule has 17 heavy (non-hydrogen) atoms. The minimum atomic E-state index is 0.0368. The summed E-state index contributed by atoms with van der Waals surface area (Å²) in [6.45, 7) is 2.63. The van der Waals surface area contributed by atoms with Gasteiger partial charge in [0, 0.05) is 11.3 Å². The Balaban J connectivity index is 1.89. The lowest BCUT2D eigenvalue weighted by Gasteiger charge is -2.10. The van der Waals surface area contributed by atoms with Crippen LogP contribution in [0.25, 0.3) is 0 Å². The molecule has 3 N–H and O–H groups in total. The van der Waals surface area contributed by atoms with Gasteiger partial charge in [-0.1, -0.05) is 13.3 Å². The Morgan fingerprint density at radius 1 is 1.59 bits per heavy atom. The fraction of sp³-hybridized carbons (Fsp3) is 0.667. The number of aromatic nitrogens is 1. The monoisotopic (exact) mass is 253 g/mol. The van der Waals surface area contributed by atoms with Gasteiger partial charge in [-0.3, -0.25) is 4.79 Å². The smallest absolute Gasteiger partial charge is 0.226 e. The number of anilines is 1. The van der Waals surface area contributed by atoms with E-state index in [1.165, 1.54) is 17.0 Å². The van der Waals surface area contributed by atoms with Crippen LogP contribution in [0, 0.1) is 5.92 Å². The van der Waals surface area contributed by atoms with Crippen molar-refractivity contribution in [2.45, 2.75) is 39.0 Å². The maximum Gasteiger partial charge on any atom is 0.226 e. The van der Waals surface area contributed by atoms with Crippen molar-refractivity contribution in [3.05, 3.63) is 10.6 Å². The van der Waals surface area contributed by atoms with E-state index in [0.29, 0.717) is 13.0 Å². The number of thiazole rings is 1. The largest absolute Gasteiger partial charge is 0.330 e. The lowest BCUT2D eigenvalue weighted by atomic mass is 10.0. The molecule has 5 heteroatoms. The van der Waals surface area contributed by atoms with Gasteiger partial charge in [0.05, 0.1) is 5.69 Å². The third kappa shape index (κ3) is 3.04. The second-order valence-electron chi connectivity index (χ2n) is 4.50. The molecule has 1 heterocycles. The van der Waals surface area contributed by atoms with Gasteiger partial charge in [-0.2, -0.15) is 0 Å². The number of nitrogens with zero attached hydrogens (tertiary/aromatic N) is 1. The Morgan fingerprint density at radius 2 is 2.41 bits per heavy atom. The van der Waals surface area contributed by atoms with Gasteiger partial charge >= 0.3 is 0 Å². The zero-order chi connectivity index (χ0) is 12.3. The van der Waals surface area contributed by atoms with Crippen molar-refractivity contribution in [2.75, 3.05) is 11.9 Å². The highest BCUT2D eigenvalue weighted by atomic mass is 32.1. The maximum atomic E-state index is 11.8.